The minimum Gasteiger partial charge on any atom is -0.454 e. The van der Waals surface area contributed by atoms with Crippen LogP contribution in [0.15, 0.2) is 36.4 Å². The first-order valence-electron chi connectivity index (χ1n) is 7.21. The zero-order valence-electron chi connectivity index (χ0n) is 12.9. The van der Waals surface area contributed by atoms with Gasteiger partial charge in [-0.2, -0.15) is 0 Å². The van der Waals surface area contributed by atoms with Crippen molar-refractivity contribution in [3.05, 3.63) is 67.5 Å². The van der Waals surface area contributed by atoms with E-state index in [-0.39, 0.29) is 23.0 Å². The highest BCUT2D eigenvalue weighted by Gasteiger charge is 2.19. The summed E-state index contributed by atoms with van der Waals surface area (Å²) in [6, 6.07) is 9.90. The van der Waals surface area contributed by atoms with Crippen LogP contribution in [0.2, 0.25) is 15.1 Å². The average Bonchev–Trinajstić information content (AvgIpc) is 2.89. The van der Waals surface area contributed by atoms with Crippen LogP contribution in [0.5, 0.6) is 0 Å². The van der Waals surface area contributed by atoms with E-state index in [1.807, 2.05) is 19.1 Å². The molecule has 1 aromatic heterocycles. The molecule has 0 amide bonds. The Morgan fingerprint density at radius 1 is 1.04 bits per heavy atom. The van der Waals surface area contributed by atoms with Crippen LogP contribution in [0.4, 0.5) is 0 Å². The minimum absolute atomic E-state index is 0.165. The van der Waals surface area contributed by atoms with Gasteiger partial charge in [0, 0.05) is 14.7 Å². The normalized spacial score (nSPS) is 10.9. The Hall–Kier alpha value is -1.59. The number of ether oxygens (including phenoxy) is 1. The van der Waals surface area contributed by atoms with Gasteiger partial charge in [-0.25, -0.2) is 4.79 Å². The van der Waals surface area contributed by atoms with Gasteiger partial charge < -0.3 is 4.74 Å². The van der Waals surface area contributed by atoms with Gasteiger partial charge >= 0.3 is 5.97 Å². The fourth-order valence-corrected chi connectivity index (χ4v) is 4.16. The Kier molecular flexibility index (Phi) is 5.35. The van der Waals surface area contributed by atoms with Crippen molar-refractivity contribution < 1.29 is 14.3 Å². The Bertz CT molecular complexity index is 995. The standard InChI is InChI=1S/C18H11Cl3O3S/c1-9-13-6-10(19)3-5-16(13)25-17(9)15(22)8-24-18(23)12-4-2-11(20)7-14(12)21/h2-7H,8H2,1H3. The molecule has 0 aliphatic rings. The molecule has 1 heterocycles. The Morgan fingerprint density at radius 2 is 1.72 bits per heavy atom. The molecule has 0 saturated heterocycles. The molecular formula is C18H11Cl3O3S. The van der Waals surface area contributed by atoms with E-state index in [0.29, 0.717) is 14.9 Å². The summed E-state index contributed by atoms with van der Waals surface area (Å²) in [6.45, 7) is 1.49. The lowest BCUT2D eigenvalue weighted by Crippen LogP contribution is -2.14. The number of Topliss-reactive ketones (excluding diaryl/α,β-unsaturated/α-hetero) is 1. The largest absolute Gasteiger partial charge is 0.454 e. The third kappa shape index (κ3) is 3.82. The Morgan fingerprint density at radius 3 is 2.44 bits per heavy atom. The number of rotatable bonds is 4. The van der Waals surface area contributed by atoms with Crippen molar-refractivity contribution in [2.45, 2.75) is 6.92 Å². The number of carbonyl (C=O) groups is 2. The fraction of sp³-hybridized carbons (Fsp3) is 0.111. The molecule has 25 heavy (non-hydrogen) atoms. The van der Waals surface area contributed by atoms with Crippen LogP contribution >= 0.6 is 46.1 Å². The summed E-state index contributed by atoms with van der Waals surface area (Å²) in [5, 5.41) is 2.12. The quantitative estimate of drug-likeness (QED) is 0.377. The molecule has 0 fully saturated rings. The molecule has 0 aliphatic heterocycles. The van der Waals surface area contributed by atoms with E-state index in [1.165, 1.54) is 29.5 Å². The van der Waals surface area contributed by atoms with E-state index < -0.39 is 5.97 Å². The number of halogens is 3. The van der Waals surface area contributed by atoms with Gasteiger partial charge in [0.2, 0.25) is 5.78 Å². The van der Waals surface area contributed by atoms with Crippen LogP contribution in [0.25, 0.3) is 10.1 Å². The molecular weight excluding hydrogens is 403 g/mol. The zero-order valence-corrected chi connectivity index (χ0v) is 16.0. The van der Waals surface area contributed by atoms with Gasteiger partial charge in [-0.15, -0.1) is 11.3 Å². The molecule has 0 unspecified atom stereocenters. The molecule has 3 rings (SSSR count). The first-order chi connectivity index (χ1) is 11.9. The van der Waals surface area contributed by atoms with E-state index >= 15 is 0 Å². The highest BCUT2D eigenvalue weighted by molar-refractivity contribution is 7.21. The van der Waals surface area contributed by atoms with Gasteiger partial charge in [0.1, 0.15) is 0 Å². The molecule has 0 radical (unpaired) electrons. The molecule has 0 N–H and O–H groups in total. The van der Waals surface area contributed by atoms with Gasteiger partial charge in [0.15, 0.2) is 6.61 Å². The average molecular weight is 414 g/mol. The molecule has 2 aromatic carbocycles. The number of ketones is 1. The first-order valence-corrected chi connectivity index (χ1v) is 9.16. The van der Waals surface area contributed by atoms with Gasteiger partial charge in [-0.05, 0) is 54.3 Å². The summed E-state index contributed by atoms with van der Waals surface area (Å²) >= 11 is 19.1. The van der Waals surface area contributed by atoms with Crippen molar-refractivity contribution in [3.63, 3.8) is 0 Å². The van der Waals surface area contributed by atoms with E-state index in [1.54, 1.807) is 6.07 Å². The first kappa shape index (κ1) is 18.2. The molecule has 128 valence electrons. The van der Waals surface area contributed by atoms with Crippen molar-refractivity contribution in [1.82, 2.24) is 0 Å². The topological polar surface area (TPSA) is 43.4 Å². The minimum atomic E-state index is -0.670. The van der Waals surface area contributed by atoms with E-state index in [2.05, 4.69) is 0 Å². The smallest absolute Gasteiger partial charge is 0.340 e. The zero-order chi connectivity index (χ0) is 18.1. The second-order valence-electron chi connectivity index (χ2n) is 5.32. The van der Waals surface area contributed by atoms with Crippen molar-refractivity contribution in [1.29, 1.82) is 0 Å². The van der Waals surface area contributed by atoms with Crippen molar-refractivity contribution in [2.24, 2.45) is 0 Å². The van der Waals surface area contributed by atoms with E-state index in [0.717, 1.165) is 15.6 Å². The van der Waals surface area contributed by atoms with Crippen molar-refractivity contribution in [2.75, 3.05) is 6.61 Å². The van der Waals surface area contributed by atoms with Crippen molar-refractivity contribution >= 4 is 68.0 Å². The summed E-state index contributed by atoms with van der Waals surface area (Å²) in [5.41, 5.74) is 0.992. The predicted molar refractivity (Wildman–Crippen MR) is 103 cm³/mol. The molecule has 0 spiro atoms. The predicted octanol–water partition coefficient (Wildman–Crippen LogP) is 6.21. The number of esters is 1. The molecule has 3 nitrogen and oxygen atoms in total. The maximum Gasteiger partial charge on any atom is 0.340 e. The summed E-state index contributed by atoms with van der Waals surface area (Å²) in [7, 11) is 0. The summed E-state index contributed by atoms with van der Waals surface area (Å²) in [6.07, 6.45) is 0. The number of thiophene rings is 1. The highest BCUT2D eigenvalue weighted by Crippen LogP contribution is 2.33. The fourth-order valence-electron chi connectivity index (χ4n) is 2.39. The number of carbonyl (C=O) groups excluding carboxylic acids is 2. The van der Waals surface area contributed by atoms with Gasteiger partial charge in [0.05, 0.1) is 15.5 Å². The van der Waals surface area contributed by atoms with E-state index in [9.17, 15) is 9.59 Å². The van der Waals surface area contributed by atoms with Crippen LogP contribution in [-0.2, 0) is 4.74 Å². The maximum absolute atomic E-state index is 12.4. The number of benzene rings is 2. The van der Waals surface area contributed by atoms with Gasteiger partial charge in [-0.3, -0.25) is 4.79 Å². The summed E-state index contributed by atoms with van der Waals surface area (Å²) < 4.78 is 6.06. The number of hydrogen-bond donors (Lipinski definition) is 0. The van der Waals surface area contributed by atoms with Gasteiger partial charge in [0.25, 0.3) is 0 Å². The monoisotopic (exact) mass is 412 g/mol. The molecule has 0 saturated carbocycles. The summed E-state index contributed by atoms with van der Waals surface area (Å²) in [5.74, 6) is -0.940. The SMILES string of the molecule is Cc1c(C(=O)COC(=O)c2ccc(Cl)cc2Cl)sc2ccc(Cl)cc12. The van der Waals surface area contributed by atoms with E-state index in [4.69, 9.17) is 39.5 Å². The lowest BCUT2D eigenvalue weighted by Gasteiger charge is -2.06. The van der Waals surface area contributed by atoms with Crippen LogP contribution in [0.1, 0.15) is 25.6 Å². The lowest BCUT2D eigenvalue weighted by atomic mass is 10.1. The Labute approximate surface area is 163 Å². The second kappa shape index (κ2) is 7.34. The maximum atomic E-state index is 12.4. The van der Waals surface area contributed by atoms with Crippen molar-refractivity contribution in [3.8, 4) is 0 Å². The Balaban J connectivity index is 1.76. The van der Waals surface area contributed by atoms with Crippen LogP contribution in [0, 0.1) is 6.92 Å². The third-order valence-corrected chi connectivity index (χ3v) is 5.73. The molecule has 3 aromatic rings. The molecule has 7 heteroatoms. The van der Waals surface area contributed by atoms with Crippen LogP contribution < -0.4 is 0 Å². The third-order valence-electron chi connectivity index (χ3n) is 3.64. The van der Waals surface area contributed by atoms with Crippen LogP contribution in [-0.4, -0.2) is 18.4 Å². The number of fused-ring (bicyclic) bond motifs is 1. The summed E-state index contributed by atoms with van der Waals surface area (Å²) in [4.78, 5) is 25.1. The number of aryl methyl sites for hydroxylation is 1. The molecule has 0 bridgehead atoms. The van der Waals surface area contributed by atoms with Crippen LogP contribution in [0.3, 0.4) is 0 Å². The molecule has 0 atom stereocenters. The van der Waals surface area contributed by atoms with Gasteiger partial charge in [-0.1, -0.05) is 34.8 Å². The second-order valence-corrected chi connectivity index (χ2v) is 7.65. The lowest BCUT2D eigenvalue weighted by molar-refractivity contribution is 0.0476. The highest BCUT2D eigenvalue weighted by atomic mass is 35.5. The molecule has 0 aliphatic carbocycles. The number of hydrogen-bond acceptors (Lipinski definition) is 4.